The van der Waals surface area contributed by atoms with E-state index in [4.69, 9.17) is 4.74 Å². The highest BCUT2D eigenvalue weighted by molar-refractivity contribution is 5.53. The van der Waals surface area contributed by atoms with Gasteiger partial charge < -0.3 is 15.4 Å². The van der Waals surface area contributed by atoms with E-state index in [0.29, 0.717) is 35.8 Å². The number of aromatic nitrogens is 5. The Labute approximate surface area is 150 Å². The molecule has 26 heavy (non-hydrogen) atoms. The number of aryl methyl sites for hydroxylation is 1. The number of halogens is 1. The summed E-state index contributed by atoms with van der Waals surface area (Å²) in [6.07, 6.45) is 1.19. The normalized spacial score (nSPS) is 11.8. The van der Waals surface area contributed by atoms with Crippen molar-refractivity contribution < 1.29 is 9.13 Å². The minimum Gasteiger partial charge on any atom is -0.478 e. The predicted molar refractivity (Wildman–Crippen MR) is 96.0 cm³/mol. The van der Waals surface area contributed by atoms with Crippen molar-refractivity contribution in [2.45, 2.75) is 26.8 Å². The molecule has 3 rings (SSSR count). The number of hydrogen-bond acceptors (Lipinski definition) is 7. The molecule has 0 radical (unpaired) electrons. The Balaban J connectivity index is 1.81. The number of nitrogens with one attached hydrogen (secondary N) is 3. The van der Waals surface area contributed by atoms with Gasteiger partial charge in [0.15, 0.2) is 5.82 Å². The van der Waals surface area contributed by atoms with E-state index in [1.54, 1.807) is 12.1 Å². The highest BCUT2D eigenvalue weighted by Gasteiger charge is 2.12. The van der Waals surface area contributed by atoms with E-state index >= 15 is 0 Å². The van der Waals surface area contributed by atoms with Crippen LogP contribution in [-0.2, 0) is 0 Å². The highest BCUT2D eigenvalue weighted by atomic mass is 19.1. The van der Waals surface area contributed by atoms with E-state index in [0.717, 1.165) is 5.69 Å². The minimum atomic E-state index is -0.373. The summed E-state index contributed by atoms with van der Waals surface area (Å²) in [5.41, 5.74) is 1.61. The maximum absolute atomic E-state index is 13.0. The molecule has 0 aromatic carbocycles. The number of rotatable bonds is 7. The summed E-state index contributed by atoms with van der Waals surface area (Å²) in [6, 6.07) is 6.36. The molecule has 9 heteroatoms. The average Bonchev–Trinajstić information content (AvgIpc) is 3.00. The first-order chi connectivity index (χ1) is 12.5. The van der Waals surface area contributed by atoms with Crippen molar-refractivity contribution in [1.29, 1.82) is 0 Å². The van der Waals surface area contributed by atoms with Gasteiger partial charge in [-0.3, -0.25) is 10.1 Å². The fourth-order valence-corrected chi connectivity index (χ4v) is 2.31. The molecule has 1 atom stereocenters. The number of nitrogens with zero attached hydrogens (tertiary/aromatic N) is 4. The molecule has 136 valence electrons. The first-order valence-corrected chi connectivity index (χ1v) is 8.22. The maximum atomic E-state index is 13.0. The largest absolute Gasteiger partial charge is 0.478 e. The van der Waals surface area contributed by atoms with Gasteiger partial charge >= 0.3 is 0 Å². The summed E-state index contributed by atoms with van der Waals surface area (Å²) < 4.78 is 18.5. The molecule has 0 unspecified atom stereocenters. The molecule has 3 aromatic rings. The van der Waals surface area contributed by atoms with Crippen LogP contribution in [0.15, 0.2) is 30.5 Å². The molecule has 3 aromatic heterocycles. The zero-order valence-electron chi connectivity index (χ0n) is 14.7. The van der Waals surface area contributed by atoms with Gasteiger partial charge in [0.2, 0.25) is 11.8 Å². The van der Waals surface area contributed by atoms with Crippen LogP contribution < -0.4 is 15.4 Å². The first kappa shape index (κ1) is 17.6. The summed E-state index contributed by atoms with van der Waals surface area (Å²) in [5.74, 6) is 1.57. The lowest BCUT2D eigenvalue weighted by Crippen LogP contribution is -2.11. The zero-order valence-corrected chi connectivity index (χ0v) is 14.7. The van der Waals surface area contributed by atoms with E-state index in [1.165, 1.54) is 12.3 Å². The molecular weight excluding hydrogens is 337 g/mol. The van der Waals surface area contributed by atoms with Gasteiger partial charge in [-0.25, -0.2) is 4.39 Å². The number of pyridine rings is 1. The third kappa shape index (κ3) is 4.44. The summed E-state index contributed by atoms with van der Waals surface area (Å²) in [6.45, 7) is 6.17. The zero-order chi connectivity index (χ0) is 18.5. The quantitative estimate of drug-likeness (QED) is 0.596. The third-order valence-electron chi connectivity index (χ3n) is 3.50. The standard InChI is InChI=1S/C17H20FN7O/c1-4-26-16-8-14(20-11(3)13-6-5-12(18)9-19-13)21-17(23-16)22-15-7-10(2)24-25-15/h5-9,11H,4H2,1-3H3,(H3,20,21,22,23,24,25)/t11-/m0/s1. The summed E-state index contributed by atoms with van der Waals surface area (Å²) >= 11 is 0. The predicted octanol–water partition coefficient (Wildman–Crippen LogP) is 3.36. The smallest absolute Gasteiger partial charge is 0.233 e. The summed E-state index contributed by atoms with van der Waals surface area (Å²) in [5, 5.41) is 13.2. The molecular formula is C17H20FN7O. The molecule has 8 nitrogen and oxygen atoms in total. The molecule has 0 aliphatic heterocycles. The van der Waals surface area contributed by atoms with Crippen LogP contribution in [0.4, 0.5) is 22.0 Å². The van der Waals surface area contributed by atoms with Crippen LogP contribution in [0.1, 0.15) is 31.3 Å². The second-order valence-electron chi connectivity index (χ2n) is 5.68. The minimum absolute atomic E-state index is 0.180. The van der Waals surface area contributed by atoms with Gasteiger partial charge in [0.25, 0.3) is 0 Å². The van der Waals surface area contributed by atoms with Crippen molar-refractivity contribution in [2.75, 3.05) is 17.2 Å². The molecule has 0 spiro atoms. The Morgan fingerprint density at radius 2 is 2.08 bits per heavy atom. The molecule has 0 aliphatic rings. The maximum Gasteiger partial charge on any atom is 0.233 e. The summed E-state index contributed by atoms with van der Waals surface area (Å²) in [4.78, 5) is 12.8. The van der Waals surface area contributed by atoms with Gasteiger partial charge in [-0.05, 0) is 32.9 Å². The van der Waals surface area contributed by atoms with Crippen LogP contribution >= 0.6 is 0 Å². The van der Waals surface area contributed by atoms with Crippen molar-refractivity contribution in [1.82, 2.24) is 25.1 Å². The van der Waals surface area contributed by atoms with Gasteiger partial charge in [0, 0.05) is 17.8 Å². The molecule has 3 N–H and O–H groups in total. The SMILES string of the molecule is CCOc1cc(N[C@@H](C)c2ccc(F)cn2)nc(Nc2cc(C)[nH]n2)n1. The molecule has 0 saturated carbocycles. The van der Waals surface area contributed by atoms with E-state index in [9.17, 15) is 4.39 Å². The molecule has 0 saturated heterocycles. The van der Waals surface area contributed by atoms with Crippen LogP contribution in [0.2, 0.25) is 0 Å². The van der Waals surface area contributed by atoms with Crippen molar-refractivity contribution in [3.8, 4) is 5.88 Å². The fourth-order valence-electron chi connectivity index (χ4n) is 2.31. The van der Waals surface area contributed by atoms with Crippen LogP contribution in [0.3, 0.4) is 0 Å². The lowest BCUT2D eigenvalue weighted by atomic mass is 10.2. The number of aromatic amines is 1. The lowest BCUT2D eigenvalue weighted by molar-refractivity contribution is 0.327. The Hall–Kier alpha value is -3.23. The lowest BCUT2D eigenvalue weighted by Gasteiger charge is -2.15. The fraction of sp³-hybridized carbons (Fsp3) is 0.294. The van der Waals surface area contributed by atoms with Gasteiger partial charge in [0.1, 0.15) is 11.6 Å². The van der Waals surface area contributed by atoms with E-state index < -0.39 is 0 Å². The van der Waals surface area contributed by atoms with Gasteiger partial charge in [0.05, 0.1) is 24.5 Å². The topological polar surface area (TPSA) is 101 Å². The Kier molecular flexibility index (Phi) is 5.26. The Morgan fingerprint density at radius 1 is 1.23 bits per heavy atom. The first-order valence-electron chi connectivity index (χ1n) is 8.22. The monoisotopic (exact) mass is 357 g/mol. The number of ether oxygens (including phenoxy) is 1. The molecule has 0 amide bonds. The Morgan fingerprint density at radius 3 is 2.73 bits per heavy atom. The van der Waals surface area contributed by atoms with Crippen LogP contribution in [0, 0.1) is 12.7 Å². The Bertz CT molecular complexity index is 866. The van der Waals surface area contributed by atoms with Crippen LogP contribution in [0.5, 0.6) is 5.88 Å². The highest BCUT2D eigenvalue weighted by Crippen LogP contribution is 2.22. The van der Waals surface area contributed by atoms with Crippen LogP contribution in [-0.4, -0.2) is 31.8 Å². The second kappa shape index (κ2) is 7.77. The van der Waals surface area contributed by atoms with E-state index in [-0.39, 0.29) is 11.9 Å². The molecule has 0 aliphatic carbocycles. The molecule has 0 bridgehead atoms. The van der Waals surface area contributed by atoms with Gasteiger partial charge in [-0.1, -0.05) is 0 Å². The van der Waals surface area contributed by atoms with Crippen LogP contribution in [0.25, 0.3) is 0 Å². The van der Waals surface area contributed by atoms with Crippen molar-refractivity contribution in [3.05, 3.63) is 47.7 Å². The molecule has 3 heterocycles. The van der Waals surface area contributed by atoms with Gasteiger partial charge in [-0.15, -0.1) is 0 Å². The number of anilines is 3. The average molecular weight is 357 g/mol. The third-order valence-corrected chi connectivity index (χ3v) is 3.50. The number of H-pyrrole nitrogens is 1. The van der Waals surface area contributed by atoms with Crippen molar-refractivity contribution >= 4 is 17.6 Å². The second-order valence-corrected chi connectivity index (χ2v) is 5.68. The van der Waals surface area contributed by atoms with E-state index in [2.05, 4.69) is 35.8 Å². The van der Waals surface area contributed by atoms with Crippen molar-refractivity contribution in [2.24, 2.45) is 0 Å². The summed E-state index contributed by atoms with van der Waals surface area (Å²) in [7, 11) is 0. The van der Waals surface area contributed by atoms with Gasteiger partial charge in [-0.2, -0.15) is 15.1 Å². The number of hydrogen-bond donors (Lipinski definition) is 3. The van der Waals surface area contributed by atoms with Crippen molar-refractivity contribution in [3.63, 3.8) is 0 Å². The van der Waals surface area contributed by atoms with E-state index in [1.807, 2.05) is 26.8 Å². The molecule has 0 fully saturated rings.